The molecule has 0 saturated heterocycles. The fraction of sp³-hybridized carbons (Fsp3) is 0.286. The van der Waals surface area contributed by atoms with Crippen LogP contribution in [0, 0.1) is 0 Å². The van der Waals surface area contributed by atoms with Crippen LogP contribution in [0.4, 0.5) is 5.69 Å². The van der Waals surface area contributed by atoms with E-state index < -0.39 is 0 Å². The fourth-order valence-corrected chi connectivity index (χ4v) is 2.46. The first-order chi connectivity index (χ1) is 8.83. The minimum absolute atomic E-state index is 0.148. The van der Waals surface area contributed by atoms with Crippen LogP contribution in [-0.2, 0) is 13.0 Å². The molecule has 0 fully saturated rings. The molecule has 1 aromatic heterocycles. The van der Waals surface area contributed by atoms with Crippen molar-refractivity contribution >= 4 is 5.69 Å². The maximum atomic E-state index is 11.3. The summed E-state index contributed by atoms with van der Waals surface area (Å²) in [5.41, 5.74) is 3.51. The standard InChI is InChI=1S/C14H15N3O/c18-14-8-13(9-15-16-14)17-7-3-6-11-4-1-2-5-12(11)10-17/h1-2,4-5,8-9H,3,6-7,10H2,(H,16,18). The summed E-state index contributed by atoms with van der Waals surface area (Å²) in [7, 11) is 0. The third-order valence-corrected chi connectivity index (χ3v) is 3.37. The molecule has 1 aliphatic heterocycles. The third kappa shape index (κ3) is 2.14. The number of nitrogens with zero attached hydrogens (tertiary/aromatic N) is 2. The van der Waals surface area contributed by atoms with E-state index in [2.05, 4.69) is 39.4 Å². The van der Waals surface area contributed by atoms with Crippen molar-refractivity contribution in [3.8, 4) is 0 Å². The van der Waals surface area contributed by atoms with Crippen LogP contribution < -0.4 is 10.5 Å². The molecular weight excluding hydrogens is 226 g/mol. The maximum absolute atomic E-state index is 11.3. The molecule has 0 unspecified atom stereocenters. The summed E-state index contributed by atoms with van der Waals surface area (Å²) in [4.78, 5) is 13.5. The minimum atomic E-state index is -0.148. The van der Waals surface area contributed by atoms with Crippen molar-refractivity contribution in [2.24, 2.45) is 0 Å². The monoisotopic (exact) mass is 241 g/mol. The summed E-state index contributed by atoms with van der Waals surface area (Å²) in [5, 5.41) is 6.28. The second kappa shape index (κ2) is 4.64. The van der Waals surface area contributed by atoms with Crippen molar-refractivity contribution in [1.82, 2.24) is 10.2 Å². The number of rotatable bonds is 1. The molecule has 0 spiro atoms. The SMILES string of the molecule is O=c1cc(N2CCCc3ccccc3C2)cn[nH]1. The number of benzene rings is 1. The fourth-order valence-electron chi connectivity index (χ4n) is 2.46. The van der Waals surface area contributed by atoms with Gasteiger partial charge in [0, 0.05) is 19.2 Å². The van der Waals surface area contributed by atoms with E-state index in [1.165, 1.54) is 11.1 Å². The van der Waals surface area contributed by atoms with Crippen LogP contribution >= 0.6 is 0 Å². The van der Waals surface area contributed by atoms with Gasteiger partial charge in [0.05, 0.1) is 11.9 Å². The summed E-state index contributed by atoms with van der Waals surface area (Å²) < 4.78 is 0. The minimum Gasteiger partial charge on any atom is -0.366 e. The Kier molecular flexibility index (Phi) is 2.84. The number of nitrogens with one attached hydrogen (secondary N) is 1. The van der Waals surface area contributed by atoms with Crippen molar-refractivity contribution < 1.29 is 0 Å². The Morgan fingerprint density at radius 1 is 1.22 bits per heavy atom. The molecule has 1 aromatic carbocycles. The lowest BCUT2D eigenvalue weighted by Gasteiger charge is -2.22. The van der Waals surface area contributed by atoms with Gasteiger partial charge in [0.25, 0.3) is 5.56 Å². The normalized spacial score (nSPS) is 15.0. The molecule has 1 N–H and O–H groups in total. The van der Waals surface area contributed by atoms with E-state index in [1.54, 1.807) is 12.3 Å². The highest BCUT2D eigenvalue weighted by molar-refractivity contribution is 5.45. The summed E-state index contributed by atoms with van der Waals surface area (Å²) >= 11 is 0. The van der Waals surface area contributed by atoms with E-state index >= 15 is 0 Å². The van der Waals surface area contributed by atoms with Gasteiger partial charge in [-0.05, 0) is 24.0 Å². The second-order valence-electron chi connectivity index (χ2n) is 4.60. The number of H-pyrrole nitrogens is 1. The van der Waals surface area contributed by atoms with Crippen molar-refractivity contribution in [1.29, 1.82) is 0 Å². The number of anilines is 1. The van der Waals surface area contributed by atoms with Crippen LogP contribution in [-0.4, -0.2) is 16.7 Å². The van der Waals surface area contributed by atoms with E-state index in [1.807, 2.05) is 0 Å². The molecule has 0 aliphatic carbocycles. The summed E-state index contributed by atoms with van der Waals surface area (Å²) in [5.74, 6) is 0. The van der Waals surface area contributed by atoms with Gasteiger partial charge in [0.1, 0.15) is 0 Å². The summed E-state index contributed by atoms with van der Waals surface area (Å²) in [6.45, 7) is 1.81. The average molecular weight is 241 g/mol. The molecule has 2 aromatic rings. The lowest BCUT2D eigenvalue weighted by atomic mass is 10.0. The van der Waals surface area contributed by atoms with Crippen LogP contribution in [0.1, 0.15) is 17.5 Å². The van der Waals surface area contributed by atoms with E-state index in [4.69, 9.17) is 0 Å². The lowest BCUT2D eigenvalue weighted by molar-refractivity contribution is 0.760. The number of aryl methyl sites for hydroxylation is 1. The van der Waals surface area contributed by atoms with Gasteiger partial charge in [-0.15, -0.1) is 0 Å². The van der Waals surface area contributed by atoms with Gasteiger partial charge < -0.3 is 4.90 Å². The summed E-state index contributed by atoms with van der Waals surface area (Å²) in [6.07, 6.45) is 3.92. The van der Waals surface area contributed by atoms with Gasteiger partial charge in [-0.2, -0.15) is 5.10 Å². The molecule has 0 atom stereocenters. The van der Waals surface area contributed by atoms with E-state index in [0.717, 1.165) is 31.6 Å². The van der Waals surface area contributed by atoms with Crippen LogP contribution in [0.5, 0.6) is 0 Å². The van der Waals surface area contributed by atoms with Gasteiger partial charge in [-0.25, -0.2) is 5.10 Å². The predicted octanol–water partition coefficient (Wildman–Crippen LogP) is 1.72. The topological polar surface area (TPSA) is 49.0 Å². The Morgan fingerprint density at radius 2 is 2.06 bits per heavy atom. The smallest absolute Gasteiger partial charge is 0.266 e. The molecular formula is C14H15N3O. The number of hydrogen-bond acceptors (Lipinski definition) is 3. The zero-order valence-electron chi connectivity index (χ0n) is 10.1. The number of fused-ring (bicyclic) bond motifs is 1. The molecule has 4 nitrogen and oxygen atoms in total. The lowest BCUT2D eigenvalue weighted by Crippen LogP contribution is -2.24. The van der Waals surface area contributed by atoms with Crippen LogP contribution in [0.15, 0.2) is 41.3 Å². The van der Waals surface area contributed by atoms with Gasteiger partial charge in [0.15, 0.2) is 0 Å². The van der Waals surface area contributed by atoms with Gasteiger partial charge in [0.2, 0.25) is 0 Å². The zero-order chi connectivity index (χ0) is 12.4. The number of aromatic amines is 1. The first-order valence-electron chi connectivity index (χ1n) is 6.19. The first-order valence-corrected chi connectivity index (χ1v) is 6.19. The van der Waals surface area contributed by atoms with Crippen molar-refractivity contribution in [3.63, 3.8) is 0 Å². The Bertz CT molecular complexity index is 606. The predicted molar refractivity (Wildman–Crippen MR) is 70.7 cm³/mol. The Morgan fingerprint density at radius 3 is 2.89 bits per heavy atom. The molecule has 18 heavy (non-hydrogen) atoms. The molecule has 0 bridgehead atoms. The highest BCUT2D eigenvalue weighted by atomic mass is 16.1. The highest BCUT2D eigenvalue weighted by Gasteiger charge is 2.14. The molecule has 4 heteroatoms. The van der Waals surface area contributed by atoms with E-state index in [-0.39, 0.29) is 5.56 Å². The molecule has 0 radical (unpaired) electrons. The van der Waals surface area contributed by atoms with Crippen molar-refractivity contribution in [2.75, 3.05) is 11.4 Å². The van der Waals surface area contributed by atoms with Crippen molar-refractivity contribution in [2.45, 2.75) is 19.4 Å². The molecule has 0 amide bonds. The Hall–Kier alpha value is -2.10. The summed E-state index contributed by atoms with van der Waals surface area (Å²) in [6, 6.07) is 10.1. The largest absolute Gasteiger partial charge is 0.366 e. The highest BCUT2D eigenvalue weighted by Crippen LogP contribution is 2.22. The van der Waals surface area contributed by atoms with E-state index in [0.29, 0.717) is 0 Å². The first kappa shape index (κ1) is 11.0. The molecule has 1 aliphatic rings. The number of hydrogen-bond donors (Lipinski definition) is 1. The number of aromatic nitrogens is 2. The van der Waals surface area contributed by atoms with Crippen LogP contribution in [0.2, 0.25) is 0 Å². The van der Waals surface area contributed by atoms with Gasteiger partial charge in [-0.3, -0.25) is 4.79 Å². The second-order valence-corrected chi connectivity index (χ2v) is 4.60. The molecule has 2 heterocycles. The van der Waals surface area contributed by atoms with Gasteiger partial charge in [-0.1, -0.05) is 24.3 Å². The van der Waals surface area contributed by atoms with Crippen LogP contribution in [0.25, 0.3) is 0 Å². The molecule has 92 valence electrons. The Labute approximate surface area is 105 Å². The Balaban J connectivity index is 1.94. The molecule has 0 saturated carbocycles. The van der Waals surface area contributed by atoms with E-state index in [9.17, 15) is 4.79 Å². The third-order valence-electron chi connectivity index (χ3n) is 3.37. The maximum Gasteiger partial charge on any atom is 0.266 e. The van der Waals surface area contributed by atoms with Gasteiger partial charge >= 0.3 is 0 Å². The quantitative estimate of drug-likeness (QED) is 0.827. The van der Waals surface area contributed by atoms with Crippen molar-refractivity contribution in [3.05, 3.63) is 58.0 Å². The van der Waals surface area contributed by atoms with Crippen LogP contribution in [0.3, 0.4) is 0 Å². The average Bonchev–Trinajstić information content (AvgIpc) is 2.60. The molecule has 3 rings (SSSR count). The zero-order valence-corrected chi connectivity index (χ0v) is 10.1.